The number of rotatable bonds is 8. The Morgan fingerprint density at radius 1 is 1.53 bits per heavy atom. The molecule has 0 saturated heterocycles. The number of nitrogens with two attached hydrogens (primary N) is 1. The molecule has 0 aromatic rings. The van der Waals surface area contributed by atoms with Gasteiger partial charge in [-0.3, -0.25) is 4.90 Å². The molecule has 3 N–H and O–H groups in total. The number of ether oxygens (including phenoxy) is 1. The van der Waals surface area contributed by atoms with Crippen LogP contribution >= 0.6 is 0 Å². The molecule has 17 heavy (non-hydrogen) atoms. The smallest absolute Gasteiger partial charge is 0.140 e. The summed E-state index contributed by atoms with van der Waals surface area (Å²) in [5, 5.41) is 11.7. The van der Waals surface area contributed by atoms with Crippen LogP contribution in [-0.4, -0.2) is 48.3 Å². The third-order valence-corrected chi connectivity index (χ3v) is 3.58. The molecule has 2 atom stereocenters. The summed E-state index contributed by atoms with van der Waals surface area (Å²) in [6, 6.07) is 0.822. The topological polar surface area (TPSA) is 71.1 Å². The predicted octanol–water partition coefficient (Wildman–Crippen LogP) is 1.26. The highest BCUT2D eigenvalue weighted by atomic mass is 16.5. The van der Waals surface area contributed by atoms with Crippen molar-refractivity contribution in [1.29, 1.82) is 0 Å². The van der Waals surface area contributed by atoms with Crippen LogP contribution in [0.3, 0.4) is 0 Å². The lowest BCUT2D eigenvalue weighted by Gasteiger charge is -2.34. The largest absolute Gasteiger partial charge is 0.409 e. The van der Waals surface area contributed by atoms with Crippen molar-refractivity contribution in [3.05, 3.63) is 0 Å². The quantitative estimate of drug-likeness (QED) is 0.291. The molecular weight excluding hydrogens is 218 g/mol. The van der Waals surface area contributed by atoms with Crippen LogP contribution in [0.5, 0.6) is 0 Å². The number of oxime groups is 1. The maximum absolute atomic E-state index is 8.62. The van der Waals surface area contributed by atoms with Crippen LogP contribution in [0.4, 0.5) is 0 Å². The molecule has 0 spiro atoms. The van der Waals surface area contributed by atoms with Gasteiger partial charge in [-0.25, -0.2) is 0 Å². The molecule has 100 valence electrons. The minimum Gasteiger partial charge on any atom is -0.409 e. The zero-order valence-electron chi connectivity index (χ0n) is 11.1. The molecule has 0 aromatic heterocycles. The normalized spacial score (nSPS) is 20.6. The summed E-state index contributed by atoms with van der Waals surface area (Å²) in [6.45, 7) is 5.99. The van der Waals surface area contributed by atoms with E-state index in [1.807, 2.05) is 0 Å². The molecule has 5 heteroatoms. The summed E-state index contributed by atoms with van der Waals surface area (Å²) in [5.74, 6) is 1.10. The van der Waals surface area contributed by atoms with Gasteiger partial charge in [0.2, 0.25) is 0 Å². The first kappa shape index (κ1) is 14.3. The van der Waals surface area contributed by atoms with E-state index in [0.717, 1.165) is 19.1 Å². The van der Waals surface area contributed by atoms with E-state index in [4.69, 9.17) is 15.7 Å². The standard InChI is InChI=1S/C12H25N3O2/c1-9(8-12(13)14-16)15(6-7-17-3)10(2)11-4-5-11/h9-11,16H,4-8H2,1-3H3,(H2,13,14). The molecule has 0 amide bonds. The van der Waals surface area contributed by atoms with Crippen molar-refractivity contribution >= 4 is 5.84 Å². The molecule has 2 unspecified atom stereocenters. The number of hydrogen-bond acceptors (Lipinski definition) is 4. The Balaban J connectivity index is 2.53. The van der Waals surface area contributed by atoms with Gasteiger partial charge in [-0.15, -0.1) is 0 Å². The van der Waals surface area contributed by atoms with Gasteiger partial charge in [-0.1, -0.05) is 5.16 Å². The van der Waals surface area contributed by atoms with Gasteiger partial charge in [-0.05, 0) is 32.6 Å². The van der Waals surface area contributed by atoms with Crippen molar-refractivity contribution in [2.24, 2.45) is 16.8 Å². The van der Waals surface area contributed by atoms with Gasteiger partial charge in [0.1, 0.15) is 5.84 Å². The molecule has 1 aliphatic carbocycles. The Labute approximate surface area is 104 Å². The van der Waals surface area contributed by atoms with Crippen molar-refractivity contribution in [1.82, 2.24) is 4.90 Å². The number of amidine groups is 1. The lowest BCUT2D eigenvalue weighted by molar-refractivity contribution is 0.0892. The highest BCUT2D eigenvalue weighted by molar-refractivity contribution is 5.80. The van der Waals surface area contributed by atoms with Crippen LogP contribution in [0, 0.1) is 5.92 Å². The average molecular weight is 243 g/mol. The molecule has 0 aliphatic heterocycles. The van der Waals surface area contributed by atoms with Crippen LogP contribution < -0.4 is 5.73 Å². The first-order valence-corrected chi connectivity index (χ1v) is 6.31. The van der Waals surface area contributed by atoms with E-state index in [2.05, 4.69) is 23.9 Å². The Morgan fingerprint density at radius 2 is 2.18 bits per heavy atom. The third-order valence-electron chi connectivity index (χ3n) is 3.58. The summed E-state index contributed by atoms with van der Waals surface area (Å²) in [5.41, 5.74) is 5.57. The highest BCUT2D eigenvalue weighted by Crippen LogP contribution is 2.35. The number of hydrogen-bond donors (Lipinski definition) is 2. The van der Waals surface area contributed by atoms with Gasteiger partial charge >= 0.3 is 0 Å². The summed E-state index contributed by atoms with van der Waals surface area (Å²) >= 11 is 0. The monoisotopic (exact) mass is 243 g/mol. The lowest BCUT2D eigenvalue weighted by Crippen LogP contribution is -2.45. The van der Waals surface area contributed by atoms with Gasteiger partial charge in [0.15, 0.2) is 0 Å². The Hall–Kier alpha value is -0.810. The summed E-state index contributed by atoms with van der Waals surface area (Å²) < 4.78 is 5.15. The zero-order valence-corrected chi connectivity index (χ0v) is 11.1. The number of nitrogens with zero attached hydrogens (tertiary/aromatic N) is 2. The van der Waals surface area contributed by atoms with Crippen molar-refractivity contribution in [2.75, 3.05) is 20.3 Å². The molecule has 1 saturated carbocycles. The van der Waals surface area contributed by atoms with Crippen LogP contribution in [0.25, 0.3) is 0 Å². The Bertz CT molecular complexity index is 254. The maximum Gasteiger partial charge on any atom is 0.140 e. The molecule has 5 nitrogen and oxygen atoms in total. The fourth-order valence-corrected chi connectivity index (χ4v) is 2.33. The van der Waals surface area contributed by atoms with Gasteiger partial charge < -0.3 is 15.7 Å². The zero-order chi connectivity index (χ0) is 12.8. The third kappa shape index (κ3) is 4.52. The van der Waals surface area contributed by atoms with Crippen LogP contribution in [0.2, 0.25) is 0 Å². The van der Waals surface area contributed by atoms with E-state index < -0.39 is 0 Å². The maximum atomic E-state index is 8.62. The van der Waals surface area contributed by atoms with E-state index in [1.165, 1.54) is 12.8 Å². The van der Waals surface area contributed by atoms with Gasteiger partial charge in [-0.2, -0.15) is 0 Å². The molecule has 1 aliphatic rings. The van der Waals surface area contributed by atoms with Crippen LogP contribution in [0.1, 0.15) is 33.1 Å². The molecule has 1 rings (SSSR count). The minimum absolute atomic E-state index is 0.275. The lowest BCUT2D eigenvalue weighted by atomic mass is 10.1. The van der Waals surface area contributed by atoms with Crippen molar-refractivity contribution < 1.29 is 9.94 Å². The first-order valence-electron chi connectivity index (χ1n) is 6.31. The molecular formula is C12H25N3O2. The fraction of sp³-hybridized carbons (Fsp3) is 0.917. The van der Waals surface area contributed by atoms with Crippen LogP contribution in [-0.2, 0) is 4.74 Å². The van der Waals surface area contributed by atoms with E-state index in [9.17, 15) is 0 Å². The second kappa shape index (κ2) is 6.81. The van der Waals surface area contributed by atoms with Crippen molar-refractivity contribution in [3.63, 3.8) is 0 Å². The van der Waals surface area contributed by atoms with E-state index in [-0.39, 0.29) is 6.04 Å². The van der Waals surface area contributed by atoms with E-state index in [1.54, 1.807) is 7.11 Å². The molecule has 0 bridgehead atoms. The molecule has 0 radical (unpaired) electrons. The second-order valence-electron chi connectivity index (χ2n) is 4.95. The predicted molar refractivity (Wildman–Crippen MR) is 68.3 cm³/mol. The highest BCUT2D eigenvalue weighted by Gasteiger charge is 2.33. The van der Waals surface area contributed by atoms with Gasteiger partial charge in [0.25, 0.3) is 0 Å². The summed E-state index contributed by atoms with van der Waals surface area (Å²) in [7, 11) is 1.72. The molecule has 0 aromatic carbocycles. The number of methoxy groups -OCH3 is 1. The Morgan fingerprint density at radius 3 is 2.65 bits per heavy atom. The molecule has 1 fully saturated rings. The minimum atomic E-state index is 0.275. The fourth-order valence-electron chi connectivity index (χ4n) is 2.33. The molecule has 0 heterocycles. The van der Waals surface area contributed by atoms with E-state index in [0.29, 0.717) is 18.3 Å². The first-order chi connectivity index (χ1) is 8.10. The van der Waals surface area contributed by atoms with Crippen molar-refractivity contribution in [3.8, 4) is 0 Å². The summed E-state index contributed by atoms with van der Waals surface area (Å²) in [6.07, 6.45) is 3.24. The Kier molecular flexibility index (Phi) is 5.71. The summed E-state index contributed by atoms with van der Waals surface area (Å²) in [4.78, 5) is 2.40. The SMILES string of the molecule is COCCN(C(C)C/C(N)=N/O)C(C)C1CC1. The average Bonchev–Trinajstić information content (AvgIpc) is 3.12. The van der Waals surface area contributed by atoms with Crippen LogP contribution in [0.15, 0.2) is 5.16 Å². The second-order valence-corrected chi connectivity index (χ2v) is 4.95. The van der Waals surface area contributed by atoms with E-state index >= 15 is 0 Å². The van der Waals surface area contributed by atoms with Gasteiger partial charge in [0, 0.05) is 32.2 Å². The van der Waals surface area contributed by atoms with Gasteiger partial charge in [0.05, 0.1) is 6.61 Å². The van der Waals surface area contributed by atoms with Crippen molar-refractivity contribution in [2.45, 2.75) is 45.2 Å².